The fourth-order valence-corrected chi connectivity index (χ4v) is 1.40. The van der Waals surface area contributed by atoms with Crippen LogP contribution in [0.3, 0.4) is 0 Å². The van der Waals surface area contributed by atoms with Gasteiger partial charge >= 0.3 is 0 Å². The average molecular weight is 220 g/mol. The van der Waals surface area contributed by atoms with Crippen LogP contribution in [0.25, 0.3) is 0 Å². The molecular weight excluding hydrogens is 204 g/mol. The zero-order valence-corrected chi connectivity index (χ0v) is 8.53. The highest BCUT2D eigenvalue weighted by Crippen LogP contribution is 2.25. The molecule has 1 heterocycles. The molecule has 0 spiro atoms. The first-order chi connectivity index (χ1) is 6.86. The Morgan fingerprint density at radius 2 is 1.67 bits per heavy atom. The summed E-state index contributed by atoms with van der Waals surface area (Å²) >= 11 is 0. The first kappa shape index (κ1) is 12.4. The van der Waals surface area contributed by atoms with Crippen LogP contribution in [-0.4, -0.2) is 56.2 Å². The van der Waals surface area contributed by atoms with Crippen molar-refractivity contribution >= 4 is 0 Å². The van der Waals surface area contributed by atoms with Gasteiger partial charge in [-0.05, 0) is 19.4 Å². The Hall–Kier alpha value is -0.660. The summed E-state index contributed by atoms with van der Waals surface area (Å²) in [7, 11) is 0. The van der Waals surface area contributed by atoms with E-state index in [1.165, 1.54) is 0 Å². The number of hydrogen-bond donors (Lipinski definition) is 5. The van der Waals surface area contributed by atoms with Crippen molar-refractivity contribution in [3.8, 4) is 0 Å². The van der Waals surface area contributed by atoms with E-state index >= 15 is 0 Å². The van der Waals surface area contributed by atoms with Gasteiger partial charge in [0, 0.05) is 0 Å². The molecule has 0 aromatic carbocycles. The number of aliphatic hydroxyl groups is 5. The third-order valence-electron chi connectivity index (χ3n) is 2.38. The van der Waals surface area contributed by atoms with Crippen molar-refractivity contribution in [3.63, 3.8) is 0 Å². The fraction of sp³-hybridized carbons (Fsp3) is 0.778. The van der Waals surface area contributed by atoms with E-state index in [4.69, 9.17) is 9.84 Å². The lowest BCUT2D eigenvalue weighted by atomic mass is 10.0. The second-order valence-electron chi connectivity index (χ2n) is 3.80. The van der Waals surface area contributed by atoms with Gasteiger partial charge in [-0.25, -0.2) is 0 Å². The summed E-state index contributed by atoms with van der Waals surface area (Å²) in [4.78, 5) is 0. The largest absolute Gasteiger partial charge is 0.510 e. The number of allylic oxidation sites excluding steroid dienone is 1. The van der Waals surface area contributed by atoms with E-state index in [1.807, 2.05) is 0 Å². The monoisotopic (exact) mass is 220 g/mol. The molecule has 1 saturated heterocycles. The molecule has 5 N–H and O–H groups in total. The Balaban J connectivity index is 2.78. The summed E-state index contributed by atoms with van der Waals surface area (Å²) < 4.78 is 4.73. The second kappa shape index (κ2) is 4.46. The Kier molecular flexibility index (Phi) is 3.69. The van der Waals surface area contributed by atoms with Crippen molar-refractivity contribution in [1.82, 2.24) is 0 Å². The molecule has 1 rings (SSSR count). The van der Waals surface area contributed by atoms with Gasteiger partial charge < -0.3 is 30.3 Å². The normalized spacial score (nSPS) is 37.7. The minimum atomic E-state index is -1.55. The molecule has 1 fully saturated rings. The summed E-state index contributed by atoms with van der Waals surface area (Å²) in [6, 6.07) is 0. The molecule has 0 aliphatic carbocycles. The molecule has 5 atom stereocenters. The van der Waals surface area contributed by atoms with E-state index in [9.17, 15) is 20.4 Å². The summed E-state index contributed by atoms with van der Waals surface area (Å²) in [6.45, 7) is 3.15. The van der Waals surface area contributed by atoms with E-state index in [0.29, 0.717) is 5.57 Å². The quantitative estimate of drug-likeness (QED) is 0.367. The maximum absolute atomic E-state index is 9.58. The predicted molar refractivity (Wildman–Crippen MR) is 49.9 cm³/mol. The molecular formula is C9H16O6. The molecule has 0 aromatic heterocycles. The highest BCUT2D eigenvalue weighted by Gasteiger charge is 2.46. The molecule has 0 aromatic rings. The van der Waals surface area contributed by atoms with Crippen molar-refractivity contribution in [2.45, 2.75) is 44.6 Å². The summed E-state index contributed by atoms with van der Waals surface area (Å²) in [5.74, 6) is -0.333. The molecule has 0 bridgehead atoms. The van der Waals surface area contributed by atoms with Gasteiger partial charge in [0.25, 0.3) is 0 Å². The highest BCUT2D eigenvalue weighted by molar-refractivity contribution is 5.10. The van der Waals surface area contributed by atoms with Crippen LogP contribution in [0.1, 0.15) is 13.8 Å². The third-order valence-corrected chi connectivity index (χ3v) is 2.38. The van der Waals surface area contributed by atoms with Gasteiger partial charge in [-0.1, -0.05) is 0 Å². The molecule has 0 amide bonds. The summed E-state index contributed by atoms with van der Waals surface area (Å²) in [5.41, 5.74) is 0.467. The van der Waals surface area contributed by atoms with Crippen molar-refractivity contribution in [2.75, 3.05) is 0 Å². The Morgan fingerprint density at radius 1 is 1.13 bits per heavy atom. The first-order valence-corrected chi connectivity index (χ1v) is 4.60. The van der Waals surface area contributed by atoms with Crippen LogP contribution >= 0.6 is 0 Å². The molecule has 0 radical (unpaired) electrons. The lowest BCUT2D eigenvalue weighted by molar-refractivity contribution is -0.144. The van der Waals surface area contributed by atoms with Crippen LogP contribution in [0.5, 0.6) is 0 Å². The maximum atomic E-state index is 9.58. The minimum Gasteiger partial charge on any atom is -0.510 e. The molecule has 15 heavy (non-hydrogen) atoms. The average Bonchev–Trinajstić information content (AvgIpc) is 2.43. The van der Waals surface area contributed by atoms with Crippen LogP contribution in [0.4, 0.5) is 0 Å². The minimum absolute atomic E-state index is 0.333. The van der Waals surface area contributed by atoms with Crippen molar-refractivity contribution in [1.29, 1.82) is 0 Å². The van der Waals surface area contributed by atoms with Crippen LogP contribution < -0.4 is 0 Å². The van der Waals surface area contributed by atoms with E-state index in [2.05, 4.69) is 0 Å². The standard InChI is InChI=1S/C9H16O6/c1-3(2)4(10)5(11)8-6(12)7(13)9(14)15-8/h5-14H,1-2H3/t5-,6+,7+,8+,9-/m0/s1. The number of rotatable bonds is 2. The molecule has 0 unspecified atom stereocenters. The van der Waals surface area contributed by atoms with E-state index in [1.54, 1.807) is 13.8 Å². The molecule has 88 valence electrons. The predicted octanol–water partition coefficient (Wildman–Crippen LogP) is -1.36. The van der Waals surface area contributed by atoms with E-state index in [-0.39, 0.29) is 5.76 Å². The number of aliphatic hydroxyl groups excluding tert-OH is 5. The Bertz CT molecular complexity index is 259. The second-order valence-corrected chi connectivity index (χ2v) is 3.80. The lowest BCUT2D eigenvalue weighted by Crippen LogP contribution is -2.40. The van der Waals surface area contributed by atoms with Crippen LogP contribution in [0, 0.1) is 0 Å². The van der Waals surface area contributed by atoms with Crippen molar-refractivity contribution in [3.05, 3.63) is 11.3 Å². The summed E-state index contributed by atoms with van der Waals surface area (Å²) in [6.07, 6.45) is -7.16. The highest BCUT2D eigenvalue weighted by atomic mass is 16.6. The zero-order valence-electron chi connectivity index (χ0n) is 8.53. The van der Waals surface area contributed by atoms with Crippen LogP contribution in [0.15, 0.2) is 11.3 Å². The fourth-order valence-electron chi connectivity index (χ4n) is 1.40. The molecule has 1 aliphatic heterocycles. The van der Waals surface area contributed by atoms with Gasteiger partial charge in [-0.15, -0.1) is 0 Å². The first-order valence-electron chi connectivity index (χ1n) is 4.60. The SMILES string of the molecule is CC(C)=C(O)[C@H](O)[C@H]1O[C@H](O)[C@H](O)[C@H]1O. The molecule has 6 nitrogen and oxygen atoms in total. The summed E-state index contributed by atoms with van der Waals surface area (Å²) in [5, 5.41) is 46.6. The van der Waals surface area contributed by atoms with Crippen molar-refractivity contribution in [2.24, 2.45) is 0 Å². The topological polar surface area (TPSA) is 110 Å². The van der Waals surface area contributed by atoms with Gasteiger partial charge in [-0.3, -0.25) is 0 Å². The molecule has 6 heteroatoms. The molecule has 0 saturated carbocycles. The Morgan fingerprint density at radius 3 is 2.00 bits per heavy atom. The van der Waals surface area contributed by atoms with Gasteiger partial charge in [0.15, 0.2) is 6.29 Å². The van der Waals surface area contributed by atoms with E-state index in [0.717, 1.165) is 0 Å². The van der Waals surface area contributed by atoms with Crippen LogP contribution in [0.2, 0.25) is 0 Å². The van der Waals surface area contributed by atoms with Gasteiger partial charge in [0.2, 0.25) is 0 Å². The van der Waals surface area contributed by atoms with Crippen molar-refractivity contribution < 1.29 is 30.3 Å². The van der Waals surface area contributed by atoms with E-state index < -0.39 is 30.7 Å². The number of ether oxygens (including phenoxy) is 1. The Labute approximate surface area is 87.0 Å². The zero-order chi connectivity index (χ0) is 11.7. The molecule has 1 aliphatic rings. The lowest BCUT2D eigenvalue weighted by Gasteiger charge is -2.20. The number of hydrogen-bond acceptors (Lipinski definition) is 6. The van der Waals surface area contributed by atoms with Gasteiger partial charge in [0.1, 0.15) is 30.2 Å². The van der Waals surface area contributed by atoms with Gasteiger partial charge in [-0.2, -0.15) is 0 Å². The smallest absolute Gasteiger partial charge is 0.184 e. The maximum Gasteiger partial charge on any atom is 0.184 e. The third kappa shape index (κ3) is 2.30. The van der Waals surface area contributed by atoms with Crippen LogP contribution in [-0.2, 0) is 4.74 Å². The van der Waals surface area contributed by atoms with Gasteiger partial charge in [0.05, 0.1) is 0 Å².